The van der Waals surface area contributed by atoms with Gasteiger partial charge in [0, 0.05) is 12.6 Å². The Morgan fingerprint density at radius 2 is 2.03 bits per heavy atom. The highest BCUT2D eigenvalue weighted by Gasteiger charge is 2.26. The van der Waals surface area contributed by atoms with Gasteiger partial charge in [0.2, 0.25) is 0 Å². The normalized spacial score (nSPS) is 20.3. The van der Waals surface area contributed by atoms with Crippen LogP contribution in [0.15, 0.2) is 23.0 Å². The number of esters is 1. The highest BCUT2D eigenvalue weighted by atomic mass is 16.5. The molecule has 1 saturated carbocycles. The molecule has 1 fully saturated rings. The van der Waals surface area contributed by atoms with Crippen molar-refractivity contribution in [3.8, 4) is 0 Å². The lowest BCUT2D eigenvalue weighted by atomic mass is 9.86. The van der Waals surface area contributed by atoms with E-state index in [0.29, 0.717) is 34.8 Å². The third-order valence-corrected chi connectivity index (χ3v) is 5.75. The highest BCUT2D eigenvalue weighted by molar-refractivity contribution is 5.95. The second kappa shape index (κ2) is 8.76. The standard InChI is InChI=1S/C22H29N3O4/c1-5-25-19-11-10-16(12-18(19)23-14(3)21(25)27)22(28)29-15(4)20(26)24-17-9-7-6-8-13(17)2/h10-13,15,17H,5-9H2,1-4H3,(H,24,26)/t13-,15+,17+/m0/s1. The van der Waals surface area contributed by atoms with Crippen molar-refractivity contribution in [3.05, 3.63) is 39.8 Å². The van der Waals surface area contributed by atoms with Gasteiger partial charge in [-0.3, -0.25) is 9.59 Å². The predicted molar refractivity (Wildman–Crippen MR) is 111 cm³/mol. The first kappa shape index (κ1) is 21.0. The Kier molecular flexibility index (Phi) is 6.35. The molecule has 0 radical (unpaired) electrons. The van der Waals surface area contributed by atoms with Crippen molar-refractivity contribution in [2.24, 2.45) is 5.92 Å². The first-order valence-corrected chi connectivity index (χ1v) is 10.3. The van der Waals surface area contributed by atoms with Gasteiger partial charge in [-0.2, -0.15) is 0 Å². The van der Waals surface area contributed by atoms with E-state index in [-0.39, 0.29) is 17.5 Å². The number of hydrogen-bond acceptors (Lipinski definition) is 5. The summed E-state index contributed by atoms with van der Waals surface area (Å²) in [5.41, 5.74) is 1.75. The van der Waals surface area contributed by atoms with Crippen LogP contribution in [0.5, 0.6) is 0 Å². The fourth-order valence-corrected chi connectivity index (χ4v) is 3.93. The molecule has 7 nitrogen and oxygen atoms in total. The highest BCUT2D eigenvalue weighted by Crippen LogP contribution is 2.24. The van der Waals surface area contributed by atoms with Gasteiger partial charge in [0.1, 0.15) is 5.69 Å². The molecule has 1 amide bonds. The molecule has 1 heterocycles. The summed E-state index contributed by atoms with van der Waals surface area (Å²) in [5.74, 6) is -0.423. The maximum atomic E-state index is 12.6. The summed E-state index contributed by atoms with van der Waals surface area (Å²) in [4.78, 5) is 41.5. The minimum Gasteiger partial charge on any atom is -0.449 e. The first-order chi connectivity index (χ1) is 13.8. The lowest BCUT2D eigenvalue weighted by Gasteiger charge is -2.30. The average molecular weight is 399 g/mol. The topological polar surface area (TPSA) is 90.3 Å². The van der Waals surface area contributed by atoms with Gasteiger partial charge in [-0.05, 0) is 57.7 Å². The number of carbonyl (C=O) groups is 2. The zero-order valence-corrected chi connectivity index (χ0v) is 17.5. The third-order valence-electron chi connectivity index (χ3n) is 5.75. The van der Waals surface area contributed by atoms with Gasteiger partial charge in [-0.1, -0.05) is 19.8 Å². The first-order valence-electron chi connectivity index (χ1n) is 10.3. The van der Waals surface area contributed by atoms with E-state index in [1.165, 1.54) is 6.42 Å². The smallest absolute Gasteiger partial charge is 0.338 e. The molecule has 0 bridgehead atoms. The lowest BCUT2D eigenvalue weighted by Crippen LogP contribution is -2.45. The Morgan fingerprint density at radius 3 is 2.72 bits per heavy atom. The molecular formula is C22H29N3O4. The van der Waals surface area contributed by atoms with Crippen LogP contribution in [-0.2, 0) is 16.1 Å². The number of amides is 1. The van der Waals surface area contributed by atoms with Gasteiger partial charge < -0.3 is 14.6 Å². The van der Waals surface area contributed by atoms with Gasteiger partial charge in [0.25, 0.3) is 11.5 Å². The van der Waals surface area contributed by atoms with E-state index < -0.39 is 12.1 Å². The summed E-state index contributed by atoms with van der Waals surface area (Å²) in [6.45, 7) is 7.77. The zero-order valence-electron chi connectivity index (χ0n) is 17.5. The van der Waals surface area contributed by atoms with Crippen molar-refractivity contribution >= 4 is 22.9 Å². The van der Waals surface area contributed by atoms with Crippen molar-refractivity contribution in [2.75, 3.05) is 0 Å². The number of carbonyl (C=O) groups excluding carboxylic acids is 2. The number of nitrogens with one attached hydrogen (secondary N) is 1. The number of nitrogens with zero attached hydrogens (tertiary/aromatic N) is 2. The molecule has 1 aliphatic carbocycles. The maximum Gasteiger partial charge on any atom is 0.338 e. The van der Waals surface area contributed by atoms with Crippen LogP contribution in [0.3, 0.4) is 0 Å². The van der Waals surface area contributed by atoms with Crippen LogP contribution < -0.4 is 10.9 Å². The molecule has 3 atom stereocenters. The van der Waals surface area contributed by atoms with E-state index in [1.807, 2.05) is 6.92 Å². The molecule has 0 aliphatic heterocycles. The van der Waals surface area contributed by atoms with E-state index in [0.717, 1.165) is 19.3 Å². The van der Waals surface area contributed by atoms with Crippen LogP contribution in [0.25, 0.3) is 11.0 Å². The molecule has 29 heavy (non-hydrogen) atoms. The molecular weight excluding hydrogens is 370 g/mol. The second-order valence-electron chi connectivity index (χ2n) is 7.87. The molecule has 156 valence electrons. The van der Waals surface area contributed by atoms with Gasteiger partial charge in [-0.25, -0.2) is 9.78 Å². The van der Waals surface area contributed by atoms with Crippen molar-refractivity contribution in [1.82, 2.24) is 14.9 Å². The van der Waals surface area contributed by atoms with Crippen LogP contribution in [0, 0.1) is 12.8 Å². The molecule has 0 unspecified atom stereocenters. The summed E-state index contributed by atoms with van der Waals surface area (Å²) in [7, 11) is 0. The summed E-state index contributed by atoms with van der Waals surface area (Å²) in [6, 6.07) is 5.03. The molecule has 1 N–H and O–H groups in total. The fourth-order valence-electron chi connectivity index (χ4n) is 3.93. The summed E-state index contributed by atoms with van der Waals surface area (Å²) in [5, 5.41) is 3.02. The van der Waals surface area contributed by atoms with Crippen LogP contribution in [0.2, 0.25) is 0 Å². The fraction of sp³-hybridized carbons (Fsp3) is 0.545. The molecule has 1 aliphatic rings. The minimum absolute atomic E-state index is 0.135. The van der Waals surface area contributed by atoms with E-state index in [2.05, 4.69) is 17.2 Å². The lowest BCUT2D eigenvalue weighted by molar-refractivity contribution is -0.130. The van der Waals surface area contributed by atoms with E-state index in [9.17, 15) is 14.4 Å². The number of benzene rings is 1. The van der Waals surface area contributed by atoms with E-state index in [1.54, 1.807) is 36.6 Å². The van der Waals surface area contributed by atoms with Crippen molar-refractivity contribution < 1.29 is 14.3 Å². The van der Waals surface area contributed by atoms with Gasteiger partial charge in [0.05, 0.1) is 16.6 Å². The van der Waals surface area contributed by atoms with Crippen LogP contribution >= 0.6 is 0 Å². The largest absolute Gasteiger partial charge is 0.449 e. The summed E-state index contributed by atoms with van der Waals surface area (Å²) >= 11 is 0. The van der Waals surface area contributed by atoms with Crippen LogP contribution in [-0.4, -0.2) is 33.6 Å². The zero-order chi connectivity index (χ0) is 21.1. The Balaban J connectivity index is 1.72. The molecule has 7 heteroatoms. The van der Waals surface area contributed by atoms with Crippen LogP contribution in [0.1, 0.15) is 62.5 Å². The van der Waals surface area contributed by atoms with E-state index in [4.69, 9.17) is 4.74 Å². The second-order valence-corrected chi connectivity index (χ2v) is 7.87. The molecule has 1 aromatic heterocycles. The summed E-state index contributed by atoms with van der Waals surface area (Å²) in [6.07, 6.45) is 3.48. The Bertz CT molecular complexity index is 982. The van der Waals surface area contributed by atoms with Gasteiger partial charge in [0.15, 0.2) is 6.10 Å². The van der Waals surface area contributed by atoms with Gasteiger partial charge in [-0.15, -0.1) is 0 Å². The van der Waals surface area contributed by atoms with E-state index >= 15 is 0 Å². The monoisotopic (exact) mass is 399 g/mol. The Hall–Kier alpha value is -2.70. The maximum absolute atomic E-state index is 12.6. The number of fused-ring (bicyclic) bond motifs is 1. The number of ether oxygens (including phenoxy) is 1. The number of aromatic nitrogens is 2. The molecule has 2 aromatic rings. The minimum atomic E-state index is -0.883. The molecule has 0 spiro atoms. The average Bonchev–Trinajstić information content (AvgIpc) is 2.70. The summed E-state index contributed by atoms with van der Waals surface area (Å²) < 4.78 is 7.01. The predicted octanol–water partition coefficient (Wildman–Crippen LogP) is 2.97. The van der Waals surface area contributed by atoms with Crippen LogP contribution in [0.4, 0.5) is 0 Å². The quantitative estimate of drug-likeness (QED) is 0.781. The van der Waals surface area contributed by atoms with Crippen molar-refractivity contribution in [1.29, 1.82) is 0 Å². The Labute approximate surface area is 170 Å². The number of rotatable bonds is 5. The molecule has 1 aromatic carbocycles. The molecule has 3 rings (SSSR count). The molecule has 0 saturated heterocycles. The third kappa shape index (κ3) is 4.49. The van der Waals surface area contributed by atoms with Crippen molar-refractivity contribution in [2.45, 2.75) is 72.1 Å². The Morgan fingerprint density at radius 1 is 1.31 bits per heavy atom. The number of aryl methyl sites for hydroxylation is 2. The number of hydrogen-bond donors (Lipinski definition) is 1. The van der Waals surface area contributed by atoms with Crippen molar-refractivity contribution in [3.63, 3.8) is 0 Å². The SMILES string of the molecule is CCn1c(=O)c(C)nc2cc(C(=O)O[C@H](C)C(=O)N[C@@H]3CCCC[C@@H]3C)ccc21. The van der Waals surface area contributed by atoms with Gasteiger partial charge >= 0.3 is 5.97 Å².